The topological polar surface area (TPSA) is 63.2 Å². The van der Waals surface area contributed by atoms with Gasteiger partial charge in [-0.15, -0.1) is 0 Å². The summed E-state index contributed by atoms with van der Waals surface area (Å²) in [5.41, 5.74) is 1.02. The molecule has 0 aliphatic carbocycles. The second-order valence-electron chi connectivity index (χ2n) is 5.55. The molecule has 1 N–H and O–H groups in total. The van der Waals surface area contributed by atoms with Gasteiger partial charge in [0.1, 0.15) is 0 Å². The fourth-order valence-electron chi connectivity index (χ4n) is 1.85. The lowest BCUT2D eigenvalue weighted by atomic mass is 9.83. The first-order valence-corrected chi connectivity index (χ1v) is 7.97. The fraction of sp³-hybridized carbons (Fsp3) is 0.500. The van der Waals surface area contributed by atoms with E-state index in [1.54, 1.807) is 19.1 Å². The summed E-state index contributed by atoms with van der Waals surface area (Å²) >= 11 is 0. The molecule has 0 spiro atoms. The van der Waals surface area contributed by atoms with Gasteiger partial charge in [0.05, 0.1) is 5.75 Å². The SMILES string of the molecule is CCCS(=O)(=O)NC(=O)c1ccccc1C(C)(C)C. The van der Waals surface area contributed by atoms with Gasteiger partial charge in [0.15, 0.2) is 0 Å². The van der Waals surface area contributed by atoms with E-state index < -0.39 is 15.9 Å². The van der Waals surface area contributed by atoms with Crippen molar-refractivity contribution in [2.75, 3.05) is 5.75 Å². The summed E-state index contributed by atoms with van der Waals surface area (Å²) in [5.74, 6) is -0.602. The quantitative estimate of drug-likeness (QED) is 0.923. The highest BCUT2D eigenvalue weighted by molar-refractivity contribution is 7.90. The average Bonchev–Trinajstić information content (AvgIpc) is 2.27. The first-order chi connectivity index (χ1) is 8.67. The van der Waals surface area contributed by atoms with E-state index in [4.69, 9.17) is 0 Å². The van der Waals surface area contributed by atoms with Crippen LogP contribution in [0, 0.1) is 0 Å². The molecule has 0 saturated heterocycles. The second kappa shape index (κ2) is 5.74. The van der Waals surface area contributed by atoms with Crippen LogP contribution in [0.4, 0.5) is 0 Å². The van der Waals surface area contributed by atoms with Crippen LogP contribution in [0.5, 0.6) is 0 Å². The number of hydrogen-bond acceptors (Lipinski definition) is 3. The Morgan fingerprint density at radius 1 is 1.21 bits per heavy atom. The van der Waals surface area contributed by atoms with Crippen LogP contribution in [0.2, 0.25) is 0 Å². The third-order valence-electron chi connectivity index (χ3n) is 2.70. The molecular formula is C14H21NO3S. The zero-order chi connectivity index (χ0) is 14.7. The van der Waals surface area contributed by atoms with Gasteiger partial charge in [-0.2, -0.15) is 0 Å². The zero-order valence-corrected chi connectivity index (χ0v) is 12.7. The summed E-state index contributed by atoms with van der Waals surface area (Å²) in [6, 6.07) is 7.08. The molecule has 4 nitrogen and oxygen atoms in total. The Balaban J connectivity index is 3.08. The molecule has 106 valence electrons. The van der Waals surface area contributed by atoms with Crippen LogP contribution in [0.3, 0.4) is 0 Å². The molecule has 0 aliphatic rings. The molecule has 0 unspecified atom stereocenters. The number of carbonyl (C=O) groups excluding carboxylic acids is 1. The maximum Gasteiger partial charge on any atom is 0.265 e. The Morgan fingerprint density at radius 2 is 1.79 bits per heavy atom. The van der Waals surface area contributed by atoms with Crippen LogP contribution in [-0.4, -0.2) is 20.1 Å². The molecule has 1 amide bonds. The van der Waals surface area contributed by atoms with E-state index in [2.05, 4.69) is 4.72 Å². The van der Waals surface area contributed by atoms with Gasteiger partial charge in [-0.3, -0.25) is 4.79 Å². The molecule has 1 aromatic rings. The number of benzene rings is 1. The Kier molecular flexibility index (Phi) is 4.74. The molecular weight excluding hydrogens is 262 g/mol. The lowest BCUT2D eigenvalue weighted by Crippen LogP contribution is -2.34. The van der Waals surface area contributed by atoms with E-state index in [-0.39, 0.29) is 11.2 Å². The molecule has 0 atom stereocenters. The third-order valence-corrected chi connectivity index (χ3v) is 4.14. The maximum atomic E-state index is 12.1. The predicted molar refractivity (Wildman–Crippen MR) is 76.7 cm³/mol. The molecule has 0 heterocycles. The summed E-state index contributed by atoms with van der Waals surface area (Å²) in [6.45, 7) is 7.71. The van der Waals surface area contributed by atoms with Gasteiger partial charge < -0.3 is 0 Å². The first kappa shape index (κ1) is 15.7. The van der Waals surface area contributed by atoms with Crippen LogP contribution in [-0.2, 0) is 15.4 Å². The fourth-order valence-corrected chi connectivity index (χ4v) is 2.88. The van der Waals surface area contributed by atoms with Crippen LogP contribution < -0.4 is 4.72 Å². The highest BCUT2D eigenvalue weighted by Crippen LogP contribution is 2.25. The number of rotatable bonds is 4. The van der Waals surface area contributed by atoms with Crippen molar-refractivity contribution in [2.45, 2.75) is 39.5 Å². The minimum Gasteiger partial charge on any atom is -0.268 e. The van der Waals surface area contributed by atoms with Gasteiger partial charge >= 0.3 is 0 Å². The normalized spacial score (nSPS) is 12.2. The van der Waals surface area contributed by atoms with Gasteiger partial charge in [0.2, 0.25) is 10.0 Å². The van der Waals surface area contributed by atoms with Gasteiger partial charge in [0, 0.05) is 5.56 Å². The van der Waals surface area contributed by atoms with E-state index in [0.29, 0.717) is 12.0 Å². The van der Waals surface area contributed by atoms with Crippen molar-refractivity contribution < 1.29 is 13.2 Å². The molecule has 19 heavy (non-hydrogen) atoms. The first-order valence-electron chi connectivity index (χ1n) is 6.31. The lowest BCUT2D eigenvalue weighted by molar-refractivity contribution is 0.0979. The highest BCUT2D eigenvalue weighted by atomic mass is 32.2. The second-order valence-corrected chi connectivity index (χ2v) is 7.39. The van der Waals surface area contributed by atoms with Crippen molar-refractivity contribution in [1.82, 2.24) is 4.72 Å². The Hall–Kier alpha value is -1.36. The summed E-state index contributed by atoms with van der Waals surface area (Å²) in [5, 5.41) is 0. The summed E-state index contributed by atoms with van der Waals surface area (Å²) < 4.78 is 25.4. The van der Waals surface area contributed by atoms with Crippen molar-refractivity contribution >= 4 is 15.9 Å². The molecule has 0 aliphatic heterocycles. The number of amides is 1. The van der Waals surface area contributed by atoms with Crippen molar-refractivity contribution in [1.29, 1.82) is 0 Å². The van der Waals surface area contributed by atoms with Crippen LogP contribution in [0.15, 0.2) is 24.3 Å². The summed E-state index contributed by atoms with van der Waals surface area (Å²) in [7, 11) is -3.54. The Bertz CT molecular complexity index is 556. The molecule has 0 radical (unpaired) electrons. The molecule has 5 heteroatoms. The van der Waals surface area contributed by atoms with Crippen molar-refractivity contribution in [3.63, 3.8) is 0 Å². The van der Waals surface area contributed by atoms with E-state index in [1.807, 2.05) is 32.9 Å². The number of nitrogens with one attached hydrogen (secondary N) is 1. The van der Waals surface area contributed by atoms with Crippen molar-refractivity contribution in [2.24, 2.45) is 0 Å². The number of sulfonamides is 1. The Morgan fingerprint density at radius 3 is 2.32 bits per heavy atom. The van der Waals surface area contributed by atoms with Crippen molar-refractivity contribution in [3.8, 4) is 0 Å². The lowest BCUT2D eigenvalue weighted by Gasteiger charge is -2.22. The molecule has 0 saturated carbocycles. The number of hydrogen-bond donors (Lipinski definition) is 1. The summed E-state index contributed by atoms with van der Waals surface area (Å²) in [4.78, 5) is 12.1. The minimum absolute atomic E-state index is 0.0452. The smallest absolute Gasteiger partial charge is 0.265 e. The van der Waals surface area contributed by atoms with E-state index in [9.17, 15) is 13.2 Å². The number of carbonyl (C=O) groups is 1. The van der Waals surface area contributed by atoms with Crippen LogP contribution >= 0.6 is 0 Å². The van der Waals surface area contributed by atoms with Gasteiger partial charge in [-0.05, 0) is 23.5 Å². The van der Waals surface area contributed by atoms with E-state index in [1.165, 1.54) is 0 Å². The third kappa shape index (κ3) is 4.35. The molecule has 0 bridgehead atoms. The maximum absolute atomic E-state index is 12.1. The van der Waals surface area contributed by atoms with Crippen LogP contribution in [0.1, 0.15) is 50.0 Å². The molecule has 0 fully saturated rings. The van der Waals surface area contributed by atoms with Gasteiger partial charge in [-0.25, -0.2) is 13.1 Å². The Labute approximate surface area is 115 Å². The summed E-state index contributed by atoms with van der Waals surface area (Å²) in [6.07, 6.45) is 0.476. The largest absolute Gasteiger partial charge is 0.268 e. The van der Waals surface area contributed by atoms with Gasteiger partial charge in [0.25, 0.3) is 5.91 Å². The van der Waals surface area contributed by atoms with E-state index in [0.717, 1.165) is 5.56 Å². The molecule has 1 aromatic carbocycles. The van der Waals surface area contributed by atoms with E-state index >= 15 is 0 Å². The molecule has 0 aromatic heterocycles. The standard InChI is InChI=1S/C14H21NO3S/c1-5-10-19(17,18)15-13(16)11-8-6-7-9-12(11)14(2,3)4/h6-9H,5,10H2,1-4H3,(H,15,16). The van der Waals surface area contributed by atoms with Crippen LogP contribution in [0.25, 0.3) is 0 Å². The monoisotopic (exact) mass is 283 g/mol. The van der Waals surface area contributed by atoms with Crippen molar-refractivity contribution in [3.05, 3.63) is 35.4 Å². The zero-order valence-electron chi connectivity index (χ0n) is 11.9. The highest BCUT2D eigenvalue weighted by Gasteiger charge is 2.23. The minimum atomic E-state index is -3.54. The predicted octanol–water partition coefficient (Wildman–Crippen LogP) is 2.45. The average molecular weight is 283 g/mol. The molecule has 1 rings (SSSR count). The van der Waals surface area contributed by atoms with Gasteiger partial charge in [-0.1, -0.05) is 45.9 Å².